The van der Waals surface area contributed by atoms with Gasteiger partial charge in [-0.05, 0) is 39.8 Å². The van der Waals surface area contributed by atoms with Gasteiger partial charge in [-0.15, -0.1) is 0 Å². The number of carbonyl (C=O) groups is 1. The van der Waals surface area contributed by atoms with Gasteiger partial charge in [-0.25, -0.2) is 13.1 Å². The minimum Gasteiger partial charge on any atom is -0.371 e. The molecule has 0 atom stereocenters. The molecule has 1 aromatic rings. The van der Waals surface area contributed by atoms with E-state index >= 15 is 0 Å². The molecule has 0 bridgehead atoms. The number of carbonyl (C=O) groups excluding carboxylic acids is 1. The monoisotopic (exact) mass is 299 g/mol. The van der Waals surface area contributed by atoms with Crippen LogP contribution in [0.4, 0.5) is 5.69 Å². The summed E-state index contributed by atoms with van der Waals surface area (Å²) in [6.45, 7) is 6.66. The molecule has 0 fully saturated rings. The Balaban J connectivity index is 3.22. The fourth-order valence-corrected chi connectivity index (χ4v) is 2.99. The SMILES string of the molecule is CC(C)NS(=O)(=O)c1ccccc1NC(C)(C)C(N)=O. The molecule has 1 aromatic carbocycles. The van der Waals surface area contributed by atoms with E-state index in [1.54, 1.807) is 45.9 Å². The predicted octanol–water partition coefficient (Wildman–Crippen LogP) is 1.05. The zero-order valence-corrected chi connectivity index (χ0v) is 12.9. The van der Waals surface area contributed by atoms with E-state index in [2.05, 4.69) is 10.0 Å². The summed E-state index contributed by atoms with van der Waals surface area (Å²) in [4.78, 5) is 11.4. The predicted molar refractivity (Wildman–Crippen MR) is 78.8 cm³/mol. The van der Waals surface area contributed by atoms with E-state index in [0.29, 0.717) is 5.69 Å². The third-order valence-corrected chi connectivity index (χ3v) is 4.35. The van der Waals surface area contributed by atoms with Crippen molar-refractivity contribution in [2.24, 2.45) is 5.73 Å². The largest absolute Gasteiger partial charge is 0.371 e. The summed E-state index contributed by atoms with van der Waals surface area (Å²) < 4.78 is 27.0. The summed E-state index contributed by atoms with van der Waals surface area (Å²) in [5, 5.41) is 2.87. The summed E-state index contributed by atoms with van der Waals surface area (Å²) in [7, 11) is -3.65. The van der Waals surface area contributed by atoms with Crippen molar-refractivity contribution in [3.05, 3.63) is 24.3 Å². The van der Waals surface area contributed by atoms with Crippen molar-refractivity contribution in [3.63, 3.8) is 0 Å². The molecule has 0 heterocycles. The molecule has 0 saturated carbocycles. The van der Waals surface area contributed by atoms with Crippen LogP contribution in [0.25, 0.3) is 0 Å². The van der Waals surface area contributed by atoms with E-state index in [1.807, 2.05) is 0 Å². The van der Waals surface area contributed by atoms with E-state index in [4.69, 9.17) is 5.73 Å². The van der Waals surface area contributed by atoms with Gasteiger partial charge in [0.2, 0.25) is 15.9 Å². The van der Waals surface area contributed by atoms with Gasteiger partial charge in [0.05, 0.1) is 5.69 Å². The van der Waals surface area contributed by atoms with Crippen molar-refractivity contribution in [3.8, 4) is 0 Å². The first-order valence-corrected chi connectivity index (χ1v) is 7.74. The summed E-state index contributed by atoms with van der Waals surface area (Å²) in [5.74, 6) is -0.568. The standard InChI is InChI=1S/C13H21N3O3S/c1-9(2)16-20(18,19)11-8-6-5-7-10(11)15-13(3,4)12(14)17/h5-9,15-16H,1-4H3,(H2,14,17). The highest BCUT2D eigenvalue weighted by molar-refractivity contribution is 7.89. The maximum atomic E-state index is 12.3. The molecule has 1 rings (SSSR count). The number of hydrogen-bond acceptors (Lipinski definition) is 4. The van der Waals surface area contributed by atoms with Crippen molar-refractivity contribution < 1.29 is 13.2 Å². The van der Waals surface area contributed by atoms with Gasteiger partial charge in [-0.3, -0.25) is 4.79 Å². The zero-order chi connectivity index (χ0) is 15.6. The lowest BCUT2D eigenvalue weighted by Gasteiger charge is -2.25. The minimum absolute atomic E-state index is 0.0861. The molecular weight excluding hydrogens is 278 g/mol. The number of amides is 1. The first-order chi connectivity index (χ1) is 9.06. The normalized spacial score (nSPS) is 12.4. The third kappa shape index (κ3) is 3.94. The van der Waals surface area contributed by atoms with Crippen LogP contribution in [0.2, 0.25) is 0 Å². The van der Waals surface area contributed by atoms with E-state index in [1.165, 1.54) is 6.07 Å². The molecule has 0 spiro atoms. The second-order valence-corrected chi connectivity index (χ2v) is 7.07. The minimum atomic E-state index is -3.65. The molecule has 0 aliphatic heterocycles. The van der Waals surface area contributed by atoms with Crippen LogP contribution in [-0.2, 0) is 14.8 Å². The molecule has 6 nitrogen and oxygen atoms in total. The van der Waals surface area contributed by atoms with Crippen LogP contribution in [0.1, 0.15) is 27.7 Å². The van der Waals surface area contributed by atoms with E-state index < -0.39 is 21.5 Å². The molecule has 7 heteroatoms. The molecule has 112 valence electrons. The molecule has 0 unspecified atom stereocenters. The van der Waals surface area contributed by atoms with Crippen LogP contribution < -0.4 is 15.8 Å². The second kappa shape index (κ2) is 5.80. The van der Waals surface area contributed by atoms with Crippen LogP contribution in [0.3, 0.4) is 0 Å². The zero-order valence-electron chi connectivity index (χ0n) is 12.1. The molecule has 1 amide bonds. The van der Waals surface area contributed by atoms with E-state index in [9.17, 15) is 13.2 Å². The topological polar surface area (TPSA) is 101 Å². The first-order valence-electron chi connectivity index (χ1n) is 6.26. The van der Waals surface area contributed by atoms with Crippen LogP contribution in [-0.4, -0.2) is 25.9 Å². The number of para-hydroxylation sites is 1. The lowest BCUT2D eigenvalue weighted by molar-refractivity contribution is -0.121. The highest BCUT2D eigenvalue weighted by Crippen LogP contribution is 2.24. The van der Waals surface area contributed by atoms with Crippen LogP contribution >= 0.6 is 0 Å². The lowest BCUT2D eigenvalue weighted by Crippen LogP contribution is -2.45. The molecule has 0 aromatic heterocycles. The van der Waals surface area contributed by atoms with E-state index in [-0.39, 0.29) is 10.9 Å². The maximum Gasteiger partial charge on any atom is 0.242 e. The number of nitrogens with two attached hydrogens (primary N) is 1. The number of hydrogen-bond donors (Lipinski definition) is 3. The Hall–Kier alpha value is -1.60. The van der Waals surface area contributed by atoms with Crippen LogP contribution in [0.5, 0.6) is 0 Å². The number of sulfonamides is 1. The highest BCUT2D eigenvalue weighted by Gasteiger charge is 2.27. The van der Waals surface area contributed by atoms with Crippen molar-refractivity contribution in [1.29, 1.82) is 0 Å². The molecule has 20 heavy (non-hydrogen) atoms. The van der Waals surface area contributed by atoms with Gasteiger partial charge in [0.15, 0.2) is 0 Å². The Kier molecular flexibility index (Phi) is 4.77. The second-order valence-electron chi connectivity index (χ2n) is 5.39. The molecular formula is C13H21N3O3S. The maximum absolute atomic E-state index is 12.3. The molecule has 0 radical (unpaired) electrons. The Morgan fingerprint density at radius 2 is 1.80 bits per heavy atom. The Bertz CT molecular complexity index is 595. The highest BCUT2D eigenvalue weighted by atomic mass is 32.2. The van der Waals surface area contributed by atoms with Crippen molar-refractivity contribution >= 4 is 21.6 Å². The average molecular weight is 299 g/mol. The summed E-state index contributed by atoms with van der Waals surface area (Å²) in [6.07, 6.45) is 0. The van der Waals surface area contributed by atoms with Crippen molar-refractivity contribution in [1.82, 2.24) is 4.72 Å². The molecule has 0 saturated heterocycles. The number of benzene rings is 1. The van der Waals surface area contributed by atoms with Gasteiger partial charge in [0.1, 0.15) is 10.4 Å². The van der Waals surface area contributed by atoms with Gasteiger partial charge in [-0.1, -0.05) is 12.1 Å². The summed E-state index contributed by atoms with van der Waals surface area (Å²) in [6, 6.07) is 6.16. The number of nitrogens with one attached hydrogen (secondary N) is 2. The summed E-state index contributed by atoms with van der Waals surface area (Å²) in [5.41, 5.74) is 4.58. The van der Waals surface area contributed by atoms with Crippen molar-refractivity contribution in [2.45, 2.75) is 44.2 Å². The fraction of sp³-hybridized carbons (Fsp3) is 0.462. The van der Waals surface area contributed by atoms with Gasteiger partial charge < -0.3 is 11.1 Å². The lowest BCUT2D eigenvalue weighted by atomic mass is 10.0. The number of anilines is 1. The van der Waals surface area contributed by atoms with Gasteiger partial charge in [0, 0.05) is 6.04 Å². The van der Waals surface area contributed by atoms with Crippen molar-refractivity contribution in [2.75, 3.05) is 5.32 Å². The quantitative estimate of drug-likeness (QED) is 0.730. The van der Waals surface area contributed by atoms with Gasteiger partial charge in [-0.2, -0.15) is 0 Å². The number of primary amides is 1. The molecule has 4 N–H and O–H groups in total. The average Bonchev–Trinajstić information content (AvgIpc) is 2.26. The van der Waals surface area contributed by atoms with Crippen LogP contribution in [0.15, 0.2) is 29.2 Å². The third-order valence-electron chi connectivity index (χ3n) is 2.63. The number of rotatable bonds is 6. The van der Waals surface area contributed by atoms with Gasteiger partial charge >= 0.3 is 0 Å². The van der Waals surface area contributed by atoms with Crippen LogP contribution in [0, 0.1) is 0 Å². The Morgan fingerprint density at radius 1 is 1.25 bits per heavy atom. The van der Waals surface area contributed by atoms with Gasteiger partial charge in [0.25, 0.3) is 0 Å². The molecule has 0 aliphatic rings. The Labute approximate surface area is 119 Å². The summed E-state index contributed by atoms with van der Waals surface area (Å²) >= 11 is 0. The molecule has 0 aliphatic carbocycles. The smallest absolute Gasteiger partial charge is 0.242 e. The Morgan fingerprint density at radius 3 is 2.30 bits per heavy atom. The first kappa shape index (κ1) is 16.5. The fourth-order valence-electron chi connectivity index (χ4n) is 1.58. The van der Waals surface area contributed by atoms with E-state index in [0.717, 1.165) is 0 Å².